The van der Waals surface area contributed by atoms with Gasteiger partial charge in [0.1, 0.15) is 11.7 Å². The van der Waals surface area contributed by atoms with Gasteiger partial charge < -0.3 is 15.5 Å². The highest BCUT2D eigenvalue weighted by Gasteiger charge is 2.37. The number of aromatic nitrogens is 2. The summed E-state index contributed by atoms with van der Waals surface area (Å²) in [6.45, 7) is 2.52. The first-order valence-electron chi connectivity index (χ1n) is 7.22. The zero-order valence-corrected chi connectivity index (χ0v) is 13.1. The van der Waals surface area contributed by atoms with Crippen molar-refractivity contribution < 1.29 is 9.59 Å². The van der Waals surface area contributed by atoms with Crippen molar-refractivity contribution >= 4 is 17.5 Å². The van der Waals surface area contributed by atoms with Gasteiger partial charge in [-0.3, -0.25) is 14.3 Å². The Bertz CT molecular complexity index is 564. The van der Waals surface area contributed by atoms with Gasteiger partial charge in [-0.15, -0.1) is 0 Å². The molecule has 1 aromatic heterocycles. The lowest BCUT2D eigenvalue weighted by molar-refractivity contribution is -0.132. The van der Waals surface area contributed by atoms with E-state index in [2.05, 4.69) is 5.10 Å². The maximum atomic E-state index is 12.8. The Morgan fingerprint density at radius 3 is 2.62 bits per heavy atom. The summed E-state index contributed by atoms with van der Waals surface area (Å²) in [6, 6.07) is -0.396. The average molecular weight is 293 g/mol. The van der Waals surface area contributed by atoms with Crippen LogP contribution in [0.1, 0.15) is 35.9 Å². The summed E-state index contributed by atoms with van der Waals surface area (Å²) in [7, 11) is 5.12. The molecule has 1 unspecified atom stereocenters. The molecule has 116 valence electrons. The minimum absolute atomic E-state index is 0.0442. The van der Waals surface area contributed by atoms with Gasteiger partial charge >= 0.3 is 0 Å². The normalized spacial score (nSPS) is 18.1. The van der Waals surface area contributed by atoms with Crippen LogP contribution < -0.4 is 5.73 Å². The van der Waals surface area contributed by atoms with Crippen LogP contribution in [0.25, 0.3) is 0 Å². The largest absolute Gasteiger partial charge is 0.395 e. The number of anilines is 1. The fourth-order valence-electron chi connectivity index (χ4n) is 2.81. The van der Waals surface area contributed by atoms with Gasteiger partial charge in [-0.05, 0) is 19.3 Å². The number of carbonyl (C=O) groups is 2. The molecule has 7 heteroatoms. The third-order valence-corrected chi connectivity index (χ3v) is 3.94. The van der Waals surface area contributed by atoms with Crippen molar-refractivity contribution in [3.05, 3.63) is 11.4 Å². The monoisotopic (exact) mass is 293 g/mol. The SMILES string of the molecule is CCc1nn(C)c(C(=O)N2CCCC2C(=O)N(C)C)c1N. The Morgan fingerprint density at radius 1 is 1.43 bits per heavy atom. The molecular formula is C14H23N5O2. The van der Waals surface area contributed by atoms with Gasteiger partial charge in [0, 0.05) is 27.7 Å². The number of hydrogen-bond donors (Lipinski definition) is 1. The topological polar surface area (TPSA) is 84.5 Å². The summed E-state index contributed by atoms with van der Waals surface area (Å²) in [5.41, 5.74) is 7.56. The van der Waals surface area contributed by atoms with E-state index in [1.807, 2.05) is 6.92 Å². The summed E-state index contributed by atoms with van der Waals surface area (Å²) >= 11 is 0. The van der Waals surface area contributed by atoms with Crippen molar-refractivity contribution in [1.29, 1.82) is 0 Å². The predicted octanol–water partition coefficient (Wildman–Crippen LogP) is 0.258. The van der Waals surface area contributed by atoms with Gasteiger partial charge in [-0.25, -0.2) is 0 Å². The van der Waals surface area contributed by atoms with Gasteiger partial charge in [0.15, 0.2) is 0 Å². The number of likely N-dealkylation sites (N-methyl/N-ethyl adjacent to an activating group) is 1. The van der Waals surface area contributed by atoms with Crippen LogP contribution in [0, 0.1) is 0 Å². The molecule has 21 heavy (non-hydrogen) atoms. The summed E-state index contributed by atoms with van der Waals surface area (Å²) in [5.74, 6) is -0.253. The molecule has 1 fully saturated rings. The van der Waals surface area contributed by atoms with Gasteiger partial charge in [0.25, 0.3) is 5.91 Å². The Hall–Kier alpha value is -2.05. The minimum atomic E-state index is -0.396. The van der Waals surface area contributed by atoms with Gasteiger partial charge in [0.2, 0.25) is 5.91 Å². The number of carbonyl (C=O) groups excluding carboxylic acids is 2. The molecule has 7 nitrogen and oxygen atoms in total. The van der Waals surface area contributed by atoms with Crippen LogP contribution in [0.5, 0.6) is 0 Å². The van der Waals surface area contributed by atoms with Gasteiger partial charge in [-0.2, -0.15) is 5.10 Å². The van der Waals surface area contributed by atoms with Crippen molar-refractivity contribution in [2.24, 2.45) is 7.05 Å². The van der Waals surface area contributed by atoms with E-state index < -0.39 is 6.04 Å². The number of nitrogen functional groups attached to an aromatic ring is 1. The summed E-state index contributed by atoms with van der Waals surface area (Å²) in [5, 5.41) is 4.27. The molecule has 1 atom stereocenters. The fraction of sp³-hybridized carbons (Fsp3) is 0.643. The fourth-order valence-corrected chi connectivity index (χ4v) is 2.81. The Morgan fingerprint density at radius 2 is 2.10 bits per heavy atom. The Balaban J connectivity index is 2.31. The molecule has 2 N–H and O–H groups in total. The molecule has 1 saturated heterocycles. The first-order valence-corrected chi connectivity index (χ1v) is 7.22. The van der Waals surface area contributed by atoms with Crippen LogP contribution in [-0.2, 0) is 18.3 Å². The van der Waals surface area contributed by atoms with E-state index in [1.54, 1.807) is 26.0 Å². The number of aryl methyl sites for hydroxylation is 2. The number of amides is 2. The molecule has 1 aromatic rings. The molecule has 0 aliphatic carbocycles. The second-order valence-electron chi connectivity index (χ2n) is 5.58. The van der Waals surface area contributed by atoms with Crippen LogP contribution in [0.2, 0.25) is 0 Å². The van der Waals surface area contributed by atoms with Crippen LogP contribution in [0.4, 0.5) is 5.69 Å². The molecule has 0 radical (unpaired) electrons. The zero-order chi connectivity index (χ0) is 15.7. The van der Waals surface area contributed by atoms with Crippen LogP contribution in [-0.4, -0.2) is 58.1 Å². The van der Waals surface area contributed by atoms with Crippen molar-refractivity contribution in [2.45, 2.75) is 32.2 Å². The smallest absolute Gasteiger partial charge is 0.274 e. The van der Waals surface area contributed by atoms with Crippen molar-refractivity contribution in [1.82, 2.24) is 19.6 Å². The van der Waals surface area contributed by atoms with Crippen LogP contribution in [0.15, 0.2) is 0 Å². The number of rotatable bonds is 3. The van der Waals surface area contributed by atoms with Crippen molar-refractivity contribution in [2.75, 3.05) is 26.4 Å². The number of nitrogens with zero attached hydrogens (tertiary/aromatic N) is 4. The Labute approximate surface area is 124 Å². The zero-order valence-electron chi connectivity index (χ0n) is 13.1. The molecule has 1 aliphatic rings. The standard InChI is InChI=1S/C14H23N5O2/c1-5-9-11(15)12(18(4)16-9)14(21)19-8-6-7-10(19)13(20)17(2)3/h10H,5-8,15H2,1-4H3. The van der Waals surface area contributed by atoms with Gasteiger partial charge in [-0.1, -0.05) is 6.92 Å². The third-order valence-electron chi connectivity index (χ3n) is 3.94. The molecule has 2 amide bonds. The van der Waals surface area contributed by atoms with Crippen LogP contribution >= 0.6 is 0 Å². The predicted molar refractivity (Wildman–Crippen MR) is 79.8 cm³/mol. The molecular weight excluding hydrogens is 270 g/mol. The lowest BCUT2D eigenvalue weighted by Gasteiger charge is -2.26. The lowest BCUT2D eigenvalue weighted by atomic mass is 10.2. The quantitative estimate of drug-likeness (QED) is 0.866. The van der Waals surface area contributed by atoms with E-state index in [0.29, 0.717) is 30.8 Å². The van der Waals surface area contributed by atoms with E-state index >= 15 is 0 Å². The first kappa shape index (κ1) is 15.3. The van der Waals surface area contributed by atoms with E-state index in [4.69, 9.17) is 5.73 Å². The molecule has 0 spiro atoms. The maximum Gasteiger partial charge on any atom is 0.274 e. The summed E-state index contributed by atoms with van der Waals surface area (Å²) in [6.07, 6.45) is 2.20. The third kappa shape index (κ3) is 2.59. The highest BCUT2D eigenvalue weighted by molar-refractivity contribution is 6.00. The highest BCUT2D eigenvalue weighted by atomic mass is 16.2. The first-order chi connectivity index (χ1) is 9.88. The highest BCUT2D eigenvalue weighted by Crippen LogP contribution is 2.25. The van der Waals surface area contributed by atoms with Crippen LogP contribution in [0.3, 0.4) is 0 Å². The Kier molecular flexibility index (Phi) is 4.20. The molecule has 0 bridgehead atoms. The molecule has 0 saturated carbocycles. The average Bonchev–Trinajstić information content (AvgIpc) is 3.02. The molecule has 2 rings (SSSR count). The van der Waals surface area contributed by atoms with E-state index in [-0.39, 0.29) is 11.8 Å². The number of hydrogen-bond acceptors (Lipinski definition) is 4. The van der Waals surface area contributed by atoms with Gasteiger partial charge in [0.05, 0.1) is 11.4 Å². The number of likely N-dealkylation sites (tertiary alicyclic amines) is 1. The lowest BCUT2D eigenvalue weighted by Crippen LogP contribution is -2.46. The van der Waals surface area contributed by atoms with E-state index in [0.717, 1.165) is 12.1 Å². The molecule has 1 aliphatic heterocycles. The van der Waals surface area contributed by atoms with E-state index in [1.165, 1.54) is 9.58 Å². The molecule has 2 heterocycles. The summed E-state index contributed by atoms with van der Waals surface area (Å²) in [4.78, 5) is 28.1. The maximum absolute atomic E-state index is 12.8. The minimum Gasteiger partial charge on any atom is -0.395 e. The number of nitrogens with two attached hydrogens (primary N) is 1. The molecule has 0 aromatic carbocycles. The summed E-state index contributed by atoms with van der Waals surface area (Å²) < 4.78 is 1.52. The van der Waals surface area contributed by atoms with E-state index in [9.17, 15) is 9.59 Å². The van der Waals surface area contributed by atoms with Crippen molar-refractivity contribution in [3.8, 4) is 0 Å². The second-order valence-corrected chi connectivity index (χ2v) is 5.58. The second kappa shape index (κ2) is 5.75. The van der Waals surface area contributed by atoms with Crippen molar-refractivity contribution in [3.63, 3.8) is 0 Å².